The number of nitrogens with one attached hydrogen (secondary N) is 1. The van der Waals surface area contributed by atoms with Gasteiger partial charge in [-0.05, 0) is 33.1 Å². The number of carboxylic acid groups (broad SMARTS) is 1. The van der Waals surface area contributed by atoms with E-state index in [0.29, 0.717) is 19.4 Å². The SMILES string of the molecule is Cc1nn(C)c(C)c1CNC(=O)C1CCCC(C(=O)O)C1. The minimum absolute atomic E-state index is 0.0383. The summed E-state index contributed by atoms with van der Waals surface area (Å²) in [6, 6.07) is 0. The molecule has 0 radical (unpaired) electrons. The molecule has 1 amide bonds. The number of amides is 1. The van der Waals surface area contributed by atoms with Gasteiger partial charge in [0.15, 0.2) is 0 Å². The fraction of sp³-hybridized carbons (Fsp3) is 0.667. The van der Waals surface area contributed by atoms with Crippen molar-refractivity contribution < 1.29 is 14.7 Å². The lowest BCUT2D eigenvalue weighted by Crippen LogP contribution is -2.35. The molecule has 0 saturated heterocycles. The van der Waals surface area contributed by atoms with E-state index < -0.39 is 5.97 Å². The van der Waals surface area contributed by atoms with Crippen molar-refractivity contribution in [1.82, 2.24) is 15.1 Å². The molecule has 2 N–H and O–H groups in total. The van der Waals surface area contributed by atoms with Crippen molar-refractivity contribution in [2.24, 2.45) is 18.9 Å². The van der Waals surface area contributed by atoms with Crippen molar-refractivity contribution in [3.63, 3.8) is 0 Å². The Morgan fingerprint density at radius 1 is 1.33 bits per heavy atom. The quantitative estimate of drug-likeness (QED) is 0.882. The van der Waals surface area contributed by atoms with Gasteiger partial charge in [0.25, 0.3) is 0 Å². The molecule has 1 aromatic rings. The Morgan fingerprint density at radius 2 is 2.00 bits per heavy atom. The highest BCUT2D eigenvalue weighted by atomic mass is 16.4. The van der Waals surface area contributed by atoms with Crippen LogP contribution in [0.2, 0.25) is 0 Å². The minimum atomic E-state index is -0.786. The second kappa shape index (κ2) is 6.28. The van der Waals surface area contributed by atoms with E-state index in [9.17, 15) is 9.59 Å². The normalized spacial score (nSPS) is 22.0. The summed E-state index contributed by atoms with van der Waals surface area (Å²) in [5.41, 5.74) is 3.00. The monoisotopic (exact) mass is 293 g/mol. The number of hydrogen-bond acceptors (Lipinski definition) is 3. The van der Waals surface area contributed by atoms with Crippen LogP contribution in [0.4, 0.5) is 0 Å². The van der Waals surface area contributed by atoms with Gasteiger partial charge in [-0.15, -0.1) is 0 Å². The van der Waals surface area contributed by atoms with Crippen LogP contribution in [0.5, 0.6) is 0 Å². The van der Waals surface area contributed by atoms with Crippen LogP contribution in [0.1, 0.15) is 42.6 Å². The predicted octanol–water partition coefficient (Wildman–Crippen LogP) is 1.54. The van der Waals surface area contributed by atoms with Crippen LogP contribution < -0.4 is 5.32 Å². The van der Waals surface area contributed by atoms with Crippen LogP contribution >= 0.6 is 0 Å². The third-order valence-electron chi connectivity index (χ3n) is 4.49. The molecule has 21 heavy (non-hydrogen) atoms. The summed E-state index contributed by atoms with van der Waals surface area (Å²) in [5, 5.41) is 16.3. The van der Waals surface area contributed by atoms with Gasteiger partial charge in [0, 0.05) is 30.8 Å². The van der Waals surface area contributed by atoms with Gasteiger partial charge in [-0.25, -0.2) is 0 Å². The van der Waals surface area contributed by atoms with Gasteiger partial charge in [-0.3, -0.25) is 14.3 Å². The molecule has 1 heterocycles. The maximum atomic E-state index is 12.2. The molecule has 1 aliphatic rings. The van der Waals surface area contributed by atoms with Gasteiger partial charge >= 0.3 is 5.97 Å². The first-order valence-corrected chi connectivity index (χ1v) is 7.39. The van der Waals surface area contributed by atoms with E-state index in [1.165, 1.54) is 0 Å². The highest BCUT2D eigenvalue weighted by Gasteiger charge is 2.31. The van der Waals surface area contributed by atoms with Gasteiger partial charge in [0.2, 0.25) is 5.91 Å². The molecule has 1 aromatic heterocycles. The van der Waals surface area contributed by atoms with E-state index in [1.54, 1.807) is 4.68 Å². The number of carbonyl (C=O) groups excluding carboxylic acids is 1. The third kappa shape index (κ3) is 3.43. The zero-order chi connectivity index (χ0) is 15.6. The summed E-state index contributed by atoms with van der Waals surface area (Å²) in [5.74, 6) is -1.39. The topological polar surface area (TPSA) is 84.2 Å². The molecule has 0 aliphatic heterocycles. The summed E-state index contributed by atoms with van der Waals surface area (Å²) in [4.78, 5) is 23.3. The molecule has 2 unspecified atom stereocenters. The lowest BCUT2D eigenvalue weighted by Gasteiger charge is -2.25. The van der Waals surface area contributed by atoms with E-state index >= 15 is 0 Å². The Balaban J connectivity index is 1.94. The largest absolute Gasteiger partial charge is 0.481 e. The molecule has 6 nitrogen and oxygen atoms in total. The molecule has 116 valence electrons. The Morgan fingerprint density at radius 3 is 2.57 bits per heavy atom. The second-order valence-corrected chi connectivity index (χ2v) is 5.89. The van der Waals surface area contributed by atoms with Crippen molar-refractivity contribution >= 4 is 11.9 Å². The Labute approximate surface area is 124 Å². The number of hydrogen-bond donors (Lipinski definition) is 2. The van der Waals surface area contributed by atoms with Gasteiger partial charge in [-0.2, -0.15) is 5.10 Å². The number of aryl methyl sites for hydroxylation is 2. The molecule has 0 bridgehead atoms. The number of aliphatic carboxylic acids is 1. The Hall–Kier alpha value is -1.85. The van der Waals surface area contributed by atoms with Crippen molar-refractivity contribution in [2.45, 2.75) is 46.1 Å². The lowest BCUT2D eigenvalue weighted by atomic mass is 9.81. The first kappa shape index (κ1) is 15.5. The smallest absolute Gasteiger partial charge is 0.306 e. The highest BCUT2D eigenvalue weighted by Crippen LogP contribution is 2.29. The van der Waals surface area contributed by atoms with Crippen LogP contribution in [-0.2, 0) is 23.2 Å². The van der Waals surface area contributed by atoms with Gasteiger partial charge in [0.05, 0.1) is 11.6 Å². The van der Waals surface area contributed by atoms with Gasteiger partial charge in [-0.1, -0.05) is 6.42 Å². The molecular weight excluding hydrogens is 270 g/mol. The average molecular weight is 293 g/mol. The van der Waals surface area contributed by atoms with Gasteiger partial charge < -0.3 is 10.4 Å². The van der Waals surface area contributed by atoms with Gasteiger partial charge in [0.1, 0.15) is 0 Å². The average Bonchev–Trinajstić information content (AvgIpc) is 2.70. The Bertz CT molecular complexity index is 551. The lowest BCUT2D eigenvalue weighted by molar-refractivity contribution is -0.144. The van der Waals surface area contributed by atoms with Crippen molar-refractivity contribution in [1.29, 1.82) is 0 Å². The van der Waals surface area contributed by atoms with Crippen LogP contribution in [0.3, 0.4) is 0 Å². The number of carbonyl (C=O) groups is 2. The molecule has 0 spiro atoms. The summed E-state index contributed by atoms with van der Waals surface area (Å²) >= 11 is 0. The van der Waals surface area contributed by atoms with Crippen LogP contribution in [0.25, 0.3) is 0 Å². The maximum absolute atomic E-state index is 12.2. The summed E-state index contributed by atoms with van der Waals surface area (Å²) in [7, 11) is 1.88. The first-order chi connectivity index (χ1) is 9.90. The third-order valence-corrected chi connectivity index (χ3v) is 4.49. The molecule has 0 aromatic carbocycles. The molecule has 1 saturated carbocycles. The maximum Gasteiger partial charge on any atom is 0.306 e. The number of carboxylic acids is 1. The molecule has 2 atom stereocenters. The number of aromatic nitrogens is 2. The zero-order valence-electron chi connectivity index (χ0n) is 12.8. The van der Waals surface area contributed by atoms with E-state index in [-0.39, 0.29) is 17.7 Å². The fourth-order valence-electron chi connectivity index (χ4n) is 3.05. The molecule has 6 heteroatoms. The van der Waals surface area contributed by atoms with E-state index in [0.717, 1.165) is 29.8 Å². The minimum Gasteiger partial charge on any atom is -0.481 e. The molecule has 2 rings (SSSR count). The summed E-state index contributed by atoms with van der Waals surface area (Å²) in [6.45, 7) is 4.36. The summed E-state index contributed by atoms with van der Waals surface area (Å²) < 4.78 is 1.80. The fourth-order valence-corrected chi connectivity index (χ4v) is 3.05. The van der Waals surface area contributed by atoms with E-state index in [1.807, 2.05) is 20.9 Å². The zero-order valence-corrected chi connectivity index (χ0v) is 12.8. The Kier molecular flexibility index (Phi) is 4.65. The second-order valence-electron chi connectivity index (χ2n) is 5.89. The van der Waals surface area contributed by atoms with Crippen molar-refractivity contribution in [3.8, 4) is 0 Å². The molecular formula is C15H23N3O3. The highest BCUT2D eigenvalue weighted by molar-refractivity contribution is 5.80. The standard InChI is InChI=1S/C15H23N3O3/c1-9-13(10(2)18(3)17-9)8-16-14(19)11-5-4-6-12(7-11)15(20)21/h11-12H,4-8H2,1-3H3,(H,16,19)(H,20,21). The van der Waals surface area contributed by atoms with Crippen molar-refractivity contribution in [3.05, 3.63) is 17.0 Å². The molecule has 1 fully saturated rings. The van der Waals surface area contributed by atoms with Crippen LogP contribution in [-0.4, -0.2) is 26.8 Å². The van der Waals surface area contributed by atoms with Crippen molar-refractivity contribution in [2.75, 3.05) is 0 Å². The number of nitrogens with zero attached hydrogens (tertiary/aromatic N) is 2. The summed E-state index contributed by atoms with van der Waals surface area (Å²) in [6.07, 6.45) is 2.72. The first-order valence-electron chi connectivity index (χ1n) is 7.39. The van der Waals surface area contributed by atoms with E-state index in [4.69, 9.17) is 5.11 Å². The van der Waals surface area contributed by atoms with Crippen LogP contribution in [0.15, 0.2) is 0 Å². The predicted molar refractivity (Wildman–Crippen MR) is 77.6 cm³/mol. The molecule has 1 aliphatic carbocycles. The van der Waals surface area contributed by atoms with E-state index in [2.05, 4.69) is 10.4 Å². The number of rotatable bonds is 4. The van der Waals surface area contributed by atoms with Crippen LogP contribution in [0, 0.1) is 25.7 Å².